The van der Waals surface area contributed by atoms with Crippen molar-refractivity contribution in [3.05, 3.63) is 100 Å². The van der Waals surface area contributed by atoms with Gasteiger partial charge in [0.2, 0.25) is 10.0 Å². The molecule has 0 radical (unpaired) electrons. The molecule has 0 aromatic heterocycles. The summed E-state index contributed by atoms with van der Waals surface area (Å²) < 4.78 is 27.2. The summed E-state index contributed by atoms with van der Waals surface area (Å²) in [6.07, 6.45) is 0. The van der Waals surface area contributed by atoms with E-state index in [1.165, 1.54) is 10.4 Å². The third kappa shape index (κ3) is 5.55. The minimum atomic E-state index is -3.41. The Balaban J connectivity index is 1.46. The zero-order valence-electron chi connectivity index (χ0n) is 19.0. The van der Waals surface area contributed by atoms with Gasteiger partial charge < -0.3 is 10.2 Å². The van der Waals surface area contributed by atoms with Crippen LogP contribution in [0.5, 0.6) is 0 Å². The van der Waals surface area contributed by atoms with Crippen LogP contribution in [-0.4, -0.2) is 43.8 Å². The first-order valence-electron chi connectivity index (χ1n) is 11.2. The van der Waals surface area contributed by atoms with E-state index in [1.807, 2.05) is 67.6 Å². The largest absolute Gasteiger partial charge is 0.373 e. The van der Waals surface area contributed by atoms with Crippen LogP contribution in [0, 0.1) is 10.1 Å². The molecule has 0 amide bonds. The van der Waals surface area contributed by atoms with E-state index in [0.29, 0.717) is 31.9 Å². The van der Waals surface area contributed by atoms with Crippen molar-refractivity contribution in [1.82, 2.24) is 4.31 Å². The highest BCUT2D eigenvalue weighted by molar-refractivity contribution is 7.88. The molecular formula is C25H28N4O4S. The summed E-state index contributed by atoms with van der Waals surface area (Å²) in [4.78, 5) is 13.3. The Morgan fingerprint density at radius 1 is 0.941 bits per heavy atom. The van der Waals surface area contributed by atoms with Crippen LogP contribution in [0.4, 0.5) is 17.1 Å². The predicted octanol–water partition coefficient (Wildman–Crippen LogP) is 4.42. The predicted molar refractivity (Wildman–Crippen MR) is 134 cm³/mol. The Kier molecular flexibility index (Phi) is 7.14. The van der Waals surface area contributed by atoms with Crippen LogP contribution in [0.25, 0.3) is 0 Å². The molecule has 1 aliphatic rings. The molecule has 1 heterocycles. The summed E-state index contributed by atoms with van der Waals surface area (Å²) in [7, 11) is -3.41. The molecule has 0 saturated carbocycles. The van der Waals surface area contributed by atoms with Gasteiger partial charge in [-0.25, -0.2) is 8.42 Å². The number of nitrogens with zero attached hydrogens (tertiary/aromatic N) is 3. The SMILES string of the molecule is CC(Nc1cc(N2CCN(S(=O)(=O)Cc3ccccc3)CC2)ccc1[N+](=O)[O-])c1ccccc1. The highest BCUT2D eigenvalue weighted by Crippen LogP contribution is 2.33. The molecule has 1 aliphatic heterocycles. The molecule has 34 heavy (non-hydrogen) atoms. The van der Waals surface area contributed by atoms with E-state index < -0.39 is 14.9 Å². The van der Waals surface area contributed by atoms with Gasteiger partial charge in [-0.3, -0.25) is 10.1 Å². The lowest BCUT2D eigenvalue weighted by Gasteiger charge is -2.35. The van der Waals surface area contributed by atoms with E-state index in [0.717, 1.165) is 16.8 Å². The second-order valence-corrected chi connectivity index (χ2v) is 10.3. The van der Waals surface area contributed by atoms with E-state index in [9.17, 15) is 18.5 Å². The Morgan fingerprint density at radius 3 is 2.18 bits per heavy atom. The highest BCUT2D eigenvalue weighted by Gasteiger charge is 2.28. The lowest BCUT2D eigenvalue weighted by Crippen LogP contribution is -2.49. The molecule has 178 valence electrons. The van der Waals surface area contributed by atoms with Crippen molar-refractivity contribution < 1.29 is 13.3 Å². The number of sulfonamides is 1. The van der Waals surface area contributed by atoms with Crippen molar-refractivity contribution >= 4 is 27.1 Å². The van der Waals surface area contributed by atoms with Crippen LogP contribution >= 0.6 is 0 Å². The highest BCUT2D eigenvalue weighted by atomic mass is 32.2. The van der Waals surface area contributed by atoms with Crippen molar-refractivity contribution in [1.29, 1.82) is 0 Å². The quantitative estimate of drug-likeness (QED) is 0.379. The number of nitrogens with one attached hydrogen (secondary N) is 1. The van der Waals surface area contributed by atoms with Gasteiger partial charge in [-0.2, -0.15) is 4.31 Å². The maximum atomic E-state index is 12.9. The normalized spacial score (nSPS) is 15.6. The summed E-state index contributed by atoms with van der Waals surface area (Å²) in [5.74, 6) is -0.0170. The molecule has 1 saturated heterocycles. The van der Waals surface area contributed by atoms with Gasteiger partial charge in [0, 0.05) is 44.0 Å². The maximum absolute atomic E-state index is 12.9. The van der Waals surface area contributed by atoms with Gasteiger partial charge in [0.05, 0.1) is 10.7 Å². The van der Waals surface area contributed by atoms with Crippen LogP contribution in [-0.2, 0) is 15.8 Å². The number of rotatable bonds is 8. The van der Waals surface area contributed by atoms with Crippen LogP contribution < -0.4 is 10.2 Å². The number of hydrogen-bond acceptors (Lipinski definition) is 6. The molecule has 3 aromatic carbocycles. The van der Waals surface area contributed by atoms with E-state index >= 15 is 0 Å². The zero-order chi connectivity index (χ0) is 24.1. The molecule has 9 heteroatoms. The first kappa shape index (κ1) is 23.7. The molecule has 3 aromatic rings. The fourth-order valence-corrected chi connectivity index (χ4v) is 5.67. The Bertz CT molecular complexity index is 1230. The maximum Gasteiger partial charge on any atom is 0.292 e. The number of anilines is 2. The Hall–Kier alpha value is -3.43. The fraction of sp³-hybridized carbons (Fsp3) is 0.280. The van der Waals surface area contributed by atoms with Crippen molar-refractivity contribution in [2.45, 2.75) is 18.7 Å². The first-order chi connectivity index (χ1) is 16.3. The van der Waals surface area contributed by atoms with Crippen LogP contribution in [0.2, 0.25) is 0 Å². The minimum absolute atomic E-state index is 0.00982. The lowest BCUT2D eigenvalue weighted by molar-refractivity contribution is -0.384. The standard InChI is InChI=1S/C25H28N4O4S/c1-20(22-10-6-3-7-11-22)26-24-18-23(12-13-25(24)29(30)31)27-14-16-28(17-15-27)34(32,33)19-21-8-4-2-5-9-21/h2-13,18,20,26H,14-17,19H2,1H3. The summed E-state index contributed by atoms with van der Waals surface area (Å²) in [6.45, 7) is 3.73. The molecule has 0 bridgehead atoms. The Morgan fingerprint density at radius 2 is 1.56 bits per heavy atom. The van der Waals surface area contributed by atoms with Gasteiger partial charge in [0.1, 0.15) is 5.69 Å². The number of hydrogen-bond donors (Lipinski definition) is 1. The zero-order valence-corrected chi connectivity index (χ0v) is 19.8. The topological polar surface area (TPSA) is 95.8 Å². The molecule has 1 atom stereocenters. The van der Waals surface area contributed by atoms with Gasteiger partial charge in [0.25, 0.3) is 5.69 Å². The minimum Gasteiger partial charge on any atom is -0.373 e. The van der Waals surface area contributed by atoms with E-state index in [4.69, 9.17) is 0 Å². The third-order valence-corrected chi connectivity index (χ3v) is 7.89. The number of nitro groups is 1. The molecular weight excluding hydrogens is 452 g/mol. The molecule has 1 unspecified atom stereocenters. The number of nitro benzene ring substituents is 1. The first-order valence-corrected chi connectivity index (χ1v) is 12.8. The molecule has 8 nitrogen and oxygen atoms in total. The third-order valence-electron chi connectivity index (χ3n) is 6.04. The number of piperazine rings is 1. The van der Waals surface area contributed by atoms with Gasteiger partial charge in [-0.15, -0.1) is 0 Å². The lowest BCUT2D eigenvalue weighted by atomic mass is 10.1. The van der Waals surface area contributed by atoms with Crippen molar-refractivity contribution in [3.63, 3.8) is 0 Å². The summed E-state index contributed by atoms with van der Waals surface area (Å²) >= 11 is 0. The van der Waals surface area contributed by atoms with Crippen molar-refractivity contribution in [2.75, 3.05) is 36.4 Å². The fourth-order valence-electron chi connectivity index (χ4n) is 4.15. The average Bonchev–Trinajstić information content (AvgIpc) is 2.85. The molecule has 4 rings (SSSR count). The van der Waals surface area contributed by atoms with E-state index in [2.05, 4.69) is 10.2 Å². The average molecular weight is 481 g/mol. The summed E-state index contributed by atoms with van der Waals surface area (Å²) in [5, 5.41) is 14.9. The smallest absolute Gasteiger partial charge is 0.292 e. The molecule has 1 N–H and O–H groups in total. The van der Waals surface area contributed by atoms with Crippen LogP contribution in [0.3, 0.4) is 0 Å². The Labute approximate surface area is 200 Å². The van der Waals surface area contributed by atoms with E-state index in [1.54, 1.807) is 12.1 Å². The summed E-state index contributed by atoms with van der Waals surface area (Å²) in [6, 6.07) is 23.8. The number of benzene rings is 3. The van der Waals surface area contributed by atoms with Crippen molar-refractivity contribution in [3.8, 4) is 0 Å². The summed E-state index contributed by atoms with van der Waals surface area (Å²) in [5.41, 5.74) is 3.07. The molecule has 0 spiro atoms. The van der Waals surface area contributed by atoms with Gasteiger partial charge >= 0.3 is 0 Å². The molecule has 1 fully saturated rings. The van der Waals surface area contributed by atoms with E-state index in [-0.39, 0.29) is 17.5 Å². The van der Waals surface area contributed by atoms with Crippen LogP contribution in [0.15, 0.2) is 78.9 Å². The monoisotopic (exact) mass is 480 g/mol. The van der Waals surface area contributed by atoms with Crippen molar-refractivity contribution in [2.24, 2.45) is 0 Å². The second kappa shape index (κ2) is 10.2. The molecule has 0 aliphatic carbocycles. The van der Waals surface area contributed by atoms with Gasteiger partial charge in [0.15, 0.2) is 0 Å². The van der Waals surface area contributed by atoms with Crippen LogP contribution in [0.1, 0.15) is 24.1 Å². The van der Waals surface area contributed by atoms with Gasteiger partial charge in [-0.05, 0) is 30.2 Å². The second-order valence-electron chi connectivity index (χ2n) is 8.36. The van der Waals surface area contributed by atoms with Gasteiger partial charge in [-0.1, -0.05) is 60.7 Å².